The number of hydrogen-bond donors (Lipinski definition) is 0. The molecule has 0 aliphatic carbocycles. The van der Waals surface area contributed by atoms with Gasteiger partial charge in [-0.3, -0.25) is 9.78 Å². The minimum absolute atomic E-state index is 0.0362. The third-order valence-electron chi connectivity index (χ3n) is 5.20. The van der Waals surface area contributed by atoms with Gasteiger partial charge in [0.05, 0.1) is 6.54 Å². The molecule has 0 spiro atoms. The normalized spacial score (nSPS) is 13.6. The molecule has 0 N–H and O–H groups in total. The van der Waals surface area contributed by atoms with Crippen molar-refractivity contribution >= 4 is 29.0 Å². The van der Waals surface area contributed by atoms with Gasteiger partial charge < -0.3 is 14.5 Å². The molecule has 8 heteroatoms. The summed E-state index contributed by atoms with van der Waals surface area (Å²) in [4.78, 5) is 25.9. The molecule has 6 nitrogen and oxygen atoms in total. The van der Waals surface area contributed by atoms with Crippen LogP contribution >= 0.6 is 23.1 Å². The van der Waals surface area contributed by atoms with Crippen molar-refractivity contribution in [3.05, 3.63) is 70.5 Å². The highest BCUT2D eigenvalue weighted by Gasteiger charge is 2.23. The van der Waals surface area contributed by atoms with Crippen LogP contribution in [-0.4, -0.2) is 58.7 Å². The number of thiazole rings is 1. The second kappa shape index (κ2) is 10.3. The Hall–Kier alpha value is -2.42. The van der Waals surface area contributed by atoms with Gasteiger partial charge in [-0.25, -0.2) is 4.98 Å². The molecular weight excluding hydrogens is 428 g/mol. The van der Waals surface area contributed by atoms with E-state index in [9.17, 15) is 4.79 Å². The summed E-state index contributed by atoms with van der Waals surface area (Å²) in [5.74, 6) is 0.823. The molecule has 1 aliphatic rings. The van der Waals surface area contributed by atoms with Gasteiger partial charge in [-0.2, -0.15) is 0 Å². The highest BCUT2D eigenvalue weighted by Crippen LogP contribution is 2.27. The fourth-order valence-corrected chi connectivity index (χ4v) is 4.81. The van der Waals surface area contributed by atoms with E-state index in [2.05, 4.69) is 40.1 Å². The van der Waals surface area contributed by atoms with Gasteiger partial charge in [-0.05, 0) is 43.1 Å². The average molecular weight is 455 g/mol. The Morgan fingerprint density at radius 2 is 2.23 bits per heavy atom. The van der Waals surface area contributed by atoms with E-state index in [0.29, 0.717) is 25.4 Å². The number of rotatable bonds is 7. The van der Waals surface area contributed by atoms with Crippen LogP contribution in [0.2, 0.25) is 0 Å². The van der Waals surface area contributed by atoms with Crippen molar-refractivity contribution in [1.82, 2.24) is 19.8 Å². The van der Waals surface area contributed by atoms with Crippen molar-refractivity contribution in [2.75, 3.05) is 33.0 Å². The second-order valence-electron chi connectivity index (χ2n) is 7.53. The number of pyridine rings is 1. The highest BCUT2D eigenvalue weighted by molar-refractivity contribution is 8.00. The Morgan fingerprint density at radius 1 is 1.32 bits per heavy atom. The summed E-state index contributed by atoms with van der Waals surface area (Å²) in [6.07, 6.45) is 4.72. The van der Waals surface area contributed by atoms with E-state index in [1.165, 1.54) is 16.9 Å². The Balaban J connectivity index is 1.41. The van der Waals surface area contributed by atoms with Crippen molar-refractivity contribution < 1.29 is 9.53 Å². The van der Waals surface area contributed by atoms with Crippen molar-refractivity contribution in [2.45, 2.75) is 23.8 Å². The van der Waals surface area contributed by atoms with Crippen LogP contribution < -0.4 is 4.74 Å². The van der Waals surface area contributed by atoms with Crippen LogP contribution in [0.1, 0.15) is 27.3 Å². The number of fused-ring (bicyclic) bond motifs is 1. The Labute approximate surface area is 191 Å². The quantitative estimate of drug-likeness (QED) is 0.504. The van der Waals surface area contributed by atoms with E-state index in [1.807, 2.05) is 40.9 Å². The molecule has 1 amide bonds. The smallest absolute Gasteiger partial charge is 0.273 e. The molecular formula is C23H26N4O2S2. The molecule has 0 bridgehead atoms. The van der Waals surface area contributed by atoms with Crippen molar-refractivity contribution in [1.29, 1.82) is 0 Å². The Kier molecular flexibility index (Phi) is 7.21. The number of likely N-dealkylation sites (N-methyl/N-ethyl adjacent to an activating group) is 1. The van der Waals surface area contributed by atoms with Crippen LogP contribution in [-0.2, 0) is 19.5 Å². The van der Waals surface area contributed by atoms with Crippen molar-refractivity contribution in [3.8, 4) is 5.75 Å². The lowest BCUT2D eigenvalue weighted by molar-refractivity contribution is 0.0727. The number of carbonyl (C=O) groups excluding carboxylic acids is 1. The number of nitrogens with zero attached hydrogens (tertiary/aromatic N) is 4. The van der Waals surface area contributed by atoms with E-state index in [0.717, 1.165) is 40.9 Å². The molecule has 0 radical (unpaired) electrons. The standard InChI is InChI=1S/C23H26N4O2S2/c1-26(10-8-19-5-3-4-9-24-19)14-17-6-7-21-18(13-17)15-27(11-12-29-21)22(28)20-16-31-23(25-20)30-2/h3-7,9,13,16H,8,10-12,14-15H2,1-2H3. The maximum atomic E-state index is 13.0. The Morgan fingerprint density at radius 3 is 3.00 bits per heavy atom. The SMILES string of the molecule is CSc1nc(C(=O)N2CCOc3ccc(CN(C)CCc4ccccn4)cc3C2)cs1. The lowest BCUT2D eigenvalue weighted by atomic mass is 10.1. The first-order chi connectivity index (χ1) is 15.1. The molecule has 4 rings (SSSR count). The van der Waals surface area contributed by atoms with Crippen LogP contribution in [0.4, 0.5) is 0 Å². The van der Waals surface area contributed by atoms with Gasteiger partial charge in [-0.1, -0.05) is 23.9 Å². The third-order valence-corrected chi connectivity index (χ3v) is 7.06. The highest BCUT2D eigenvalue weighted by atomic mass is 32.2. The summed E-state index contributed by atoms with van der Waals surface area (Å²) in [5, 5.41) is 1.84. The van der Waals surface area contributed by atoms with Crippen LogP contribution in [0, 0.1) is 0 Å². The molecule has 1 aromatic carbocycles. The van der Waals surface area contributed by atoms with Gasteiger partial charge in [-0.15, -0.1) is 11.3 Å². The van der Waals surface area contributed by atoms with E-state index in [4.69, 9.17) is 4.74 Å². The maximum absolute atomic E-state index is 13.0. The summed E-state index contributed by atoms with van der Waals surface area (Å²) in [6.45, 7) is 3.33. The van der Waals surface area contributed by atoms with E-state index in [-0.39, 0.29) is 5.91 Å². The first-order valence-electron chi connectivity index (χ1n) is 10.2. The van der Waals surface area contributed by atoms with Crippen LogP contribution in [0.5, 0.6) is 5.75 Å². The number of thioether (sulfide) groups is 1. The number of amides is 1. The summed E-state index contributed by atoms with van der Waals surface area (Å²) in [5.41, 5.74) is 3.87. The van der Waals surface area contributed by atoms with Gasteiger partial charge in [0.2, 0.25) is 0 Å². The summed E-state index contributed by atoms with van der Waals surface area (Å²) in [6, 6.07) is 12.3. The average Bonchev–Trinajstić information content (AvgIpc) is 3.18. The van der Waals surface area contributed by atoms with Gasteiger partial charge >= 0.3 is 0 Å². The number of benzene rings is 1. The molecule has 2 aromatic heterocycles. The lowest BCUT2D eigenvalue weighted by Crippen LogP contribution is -2.32. The molecule has 0 fully saturated rings. The predicted octanol–water partition coefficient (Wildman–Crippen LogP) is 3.97. The number of ether oxygens (including phenoxy) is 1. The van der Waals surface area contributed by atoms with Crippen LogP contribution in [0.15, 0.2) is 52.3 Å². The molecule has 31 heavy (non-hydrogen) atoms. The molecule has 3 aromatic rings. The van der Waals surface area contributed by atoms with E-state index >= 15 is 0 Å². The molecule has 162 valence electrons. The number of carbonyl (C=O) groups is 1. The first kappa shape index (κ1) is 21.8. The van der Waals surface area contributed by atoms with E-state index in [1.54, 1.807) is 11.8 Å². The topological polar surface area (TPSA) is 58.6 Å². The van der Waals surface area contributed by atoms with Gasteiger partial charge in [0.25, 0.3) is 5.91 Å². The minimum atomic E-state index is -0.0362. The molecule has 0 saturated carbocycles. The molecule has 1 aliphatic heterocycles. The first-order valence-corrected chi connectivity index (χ1v) is 12.3. The van der Waals surface area contributed by atoms with E-state index < -0.39 is 0 Å². The second-order valence-corrected chi connectivity index (χ2v) is 9.44. The minimum Gasteiger partial charge on any atom is -0.491 e. The molecule has 0 unspecified atom stereocenters. The van der Waals surface area contributed by atoms with Gasteiger partial charge in [0.1, 0.15) is 22.4 Å². The fraction of sp³-hybridized carbons (Fsp3) is 0.348. The lowest BCUT2D eigenvalue weighted by Gasteiger charge is -2.20. The van der Waals surface area contributed by atoms with Gasteiger partial charge in [0, 0.05) is 48.9 Å². The fourth-order valence-electron chi connectivity index (χ4n) is 3.57. The largest absolute Gasteiger partial charge is 0.491 e. The Bertz CT molecular complexity index is 1030. The zero-order valence-electron chi connectivity index (χ0n) is 17.8. The number of aromatic nitrogens is 2. The van der Waals surface area contributed by atoms with Crippen molar-refractivity contribution in [3.63, 3.8) is 0 Å². The van der Waals surface area contributed by atoms with Gasteiger partial charge in [0.15, 0.2) is 0 Å². The van der Waals surface area contributed by atoms with Crippen molar-refractivity contribution in [2.24, 2.45) is 0 Å². The number of hydrogen-bond acceptors (Lipinski definition) is 7. The van der Waals surface area contributed by atoms with Crippen LogP contribution in [0.3, 0.4) is 0 Å². The van der Waals surface area contributed by atoms with Crippen LogP contribution in [0.25, 0.3) is 0 Å². The molecule has 0 saturated heterocycles. The predicted molar refractivity (Wildman–Crippen MR) is 125 cm³/mol. The molecule has 3 heterocycles. The zero-order valence-corrected chi connectivity index (χ0v) is 19.4. The summed E-state index contributed by atoms with van der Waals surface area (Å²) >= 11 is 3.07. The zero-order chi connectivity index (χ0) is 21.6. The summed E-state index contributed by atoms with van der Waals surface area (Å²) in [7, 11) is 2.12. The summed E-state index contributed by atoms with van der Waals surface area (Å²) < 4.78 is 6.83. The third kappa shape index (κ3) is 5.64. The maximum Gasteiger partial charge on any atom is 0.273 e. The monoisotopic (exact) mass is 454 g/mol. The molecule has 0 atom stereocenters.